The summed E-state index contributed by atoms with van der Waals surface area (Å²) in [5, 5.41) is 12.7. The molecule has 3 amide bonds. The van der Waals surface area contributed by atoms with Gasteiger partial charge in [-0.15, -0.1) is 0 Å². The lowest BCUT2D eigenvalue weighted by atomic mass is 9.99. The molecule has 2 unspecified atom stereocenters. The highest BCUT2D eigenvalue weighted by Crippen LogP contribution is 2.39. The summed E-state index contributed by atoms with van der Waals surface area (Å²) in [7, 11) is 0. The summed E-state index contributed by atoms with van der Waals surface area (Å²) in [5.74, 6) is -2.52. The zero-order valence-corrected chi connectivity index (χ0v) is 13.6. The van der Waals surface area contributed by atoms with Crippen molar-refractivity contribution in [3.63, 3.8) is 0 Å². The number of piperidine rings is 1. The zero-order valence-electron chi connectivity index (χ0n) is 13.6. The minimum absolute atomic E-state index is 0.00379. The van der Waals surface area contributed by atoms with Gasteiger partial charge >= 0.3 is 0 Å². The maximum atomic E-state index is 14.4. The van der Waals surface area contributed by atoms with E-state index in [1.807, 2.05) is 0 Å². The maximum absolute atomic E-state index is 14.4. The van der Waals surface area contributed by atoms with Gasteiger partial charge < -0.3 is 14.8 Å². The lowest BCUT2D eigenvalue weighted by molar-refractivity contribution is -0.139. The molecule has 1 aromatic rings. The van der Waals surface area contributed by atoms with Crippen molar-refractivity contribution in [2.45, 2.75) is 25.1 Å². The summed E-state index contributed by atoms with van der Waals surface area (Å²) in [4.78, 5) is 49.3. The van der Waals surface area contributed by atoms with Crippen LogP contribution in [0.5, 0.6) is 0 Å². The van der Waals surface area contributed by atoms with Crippen molar-refractivity contribution in [1.29, 1.82) is 0 Å². The van der Waals surface area contributed by atoms with Crippen molar-refractivity contribution in [2.24, 2.45) is 5.92 Å². The summed E-state index contributed by atoms with van der Waals surface area (Å²) < 4.78 is 14.4. The highest BCUT2D eigenvalue weighted by molar-refractivity contribution is 6.06. The van der Waals surface area contributed by atoms with Gasteiger partial charge in [-0.3, -0.25) is 24.6 Å². The molecule has 0 spiro atoms. The van der Waals surface area contributed by atoms with E-state index in [0.717, 1.165) is 17.3 Å². The van der Waals surface area contributed by atoms with Crippen molar-refractivity contribution >= 4 is 29.7 Å². The molecule has 8 nitrogen and oxygen atoms in total. The number of anilines is 1. The quantitative estimate of drug-likeness (QED) is 0.566. The molecule has 0 aromatic heterocycles. The van der Waals surface area contributed by atoms with Crippen LogP contribution in [0.1, 0.15) is 35.0 Å². The van der Waals surface area contributed by atoms with Crippen molar-refractivity contribution in [3.05, 3.63) is 29.1 Å². The van der Waals surface area contributed by atoms with Crippen molar-refractivity contribution in [1.82, 2.24) is 10.2 Å². The van der Waals surface area contributed by atoms with Crippen LogP contribution in [0.4, 0.5) is 10.1 Å². The molecule has 4 rings (SSSR count). The molecule has 0 aliphatic carbocycles. The summed E-state index contributed by atoms with van der Waals surface area (Å²) >= 11 is 0. The van der Waals surface area contributed by atoms with E-state index in [4.69, 9.17) is 0 Å². The Morgan fingerprint density at radius 3 is 2.62 bits per heavy atom. The van der Waals surface area contributed by atoms with E-state index in [1.54, 1.807) is 4.90 Å². The number of nitrogens with zero attached hydrogens (tertiary/aromatic N) is 2. The van der Waals surface area contributed by atoms with Gasteiger partial charge in [0.05, 0.1) is 11.3 Å². The van der Waals surface area contributed by atoms with E-state index in [0.29, 0.717) is 13.1 Å². The Balaban J connectivity index is 1.64. The van der Waals surface area contributed by atoms with Crippen LogP contribution in [-0.2, 0) is 14.4 Å². The largest absolute Gasteiger partial charge is 0.369 e. The first-order valence-corrected chi connectivity index (χ1v) is 8.29. The molecule has 0 radical (unpaired) electrons. The standard InChI is InChI=1S/C17H16FN3O5/c18-11-3-9-10(4-13(11)20-5-8(6-20)7-22)17(26)21(16(9)25)12-1-2-14(23)19-15(12)24/h3-4,7-8,12,17,26H,1-2,5-6H2,(H,19,23,24). The molecule has 26 heavy (non-hydrogen) atoms. The topological polar surface area (TPSA) is 107 Å². The maximum Gasteiger partial charge on any atom is 0.257 e. The van der Waals surface area contributed by atoms with Gasteiger partial charge in [0.25, 0.3) is 5.91 Å². The van der Waals surface area contributed by atoms with Gasteiger partial charge in [0.1, 0.15) is 18.1 Å². The van der Waals surface area contributed by atoms with E-state index in [9.17, 15) is 28.7 Å². The van der Waals surface area contributed by atoms with Crippen LogP contribution >= 0.6 is 0 Å². The summed E-state index contributed by atoms with van der Waals surface area (Å²) in [6.45, 7) is 0.750. The fourth-order valence-corrected chi connectivity index (χ4v) is 3.67. The second-order valence-corrected chi connectivity index (χ2v) is 6.75. The summed E-state index contributed by atoms with van der Waals surface area (Å²) in [5.41, 5.74) is 0.417. The second-order valence-electron chi connectivity index (χ2n) is 6.75. The third-order valence-electron chi connectivity index (χ3n) is 5.11. The fraction of sp³-hybridized carbons (Fsp3) is 0.412. The highest BCUT2D eigenvalue weighted by atomic mass is 19.1. The average Bonchev–Trinajstić information content (AvgIpc) is 2.78. The number of carbonyl (C=O) groups is 4. The predicted octanol–water partition coefficient (Wildman–Crippen LogP) is -0.287. The molecule has 3 heterocycles. The summed E-state index contributed by atoms with van der Waals surface area (Å²) in [6, 6.07) is 1.45. The van der Waals surface area contributed by atoms with Gasteiger partial charge in [0, 0.05) is 31.0 Å². The minimum Gasteiger partial charge on any atom is -0.369 e. The molecule has 1 aromatic carbocycles. The third kappa shape index (κ3) is 2.38. The van der Waals surface area contributed by atoms with E-state index >= 15 is 0 Å². The molecule has 2 atom stereocenters. The normalized spacial score (nSPS) is 25.8. The average molecular weight is 361 g/mol. The number of carbonyl (C=O) groups excluding carboxylic acids is 4. The molecular weight excluding hydrogens is 345 g/mol. The highest BCUT2D eigenvalue weighted by Gasteiger charge is 2.45. The number of aliphatic hydroxyl groups is 1. The molecule has 3 aliphatic rings. The number of fused-ring (bicyclic) bond motifs is 1. The Morgan fingerprint density at radius 1 is 1.23 bits per heavy atom. The van der Waals surface area contributed by atoms with E-state index in [2.05, 4.69) is 5.32 Å². The monoisotopic (exact) mass is 361 g/mol. The number of benzene rings is 1. The first-order chi connectivity index (χ1) is 12.4. The van der Waals surface area contributed by atoms with Crippen LogP contribution in [0, 0.1) is 11.7 Å². The van der Waals surface area contributed by atoms with Crippen LogP contribution in [-0.4, -0.2) is 53.1 Å². The number of rotatable bonds is 3. The minimum atomic E-state index is -1.40. The Labute approximate surface area is 147 Å². The van der Waals surface area contributed by atoms with Gasteiger partial charge in [-0.2, -0.15) is 0 Å². The van der Waals surface area contributed by atoms with Crippen molar-refractivity contribution < 1.29 is 28.7 Å². The van der Waals surface area contributed by atoms with Gasteiger partial charge in [0.2, 0.25) is 11.8 Å². The smallest absolute Gasteiger partial charge is 0.257 e. The van der Waals surface area contributed by atoms with Crippen LogP contribution in [0.2, 0.25) is 0 Å². The SMILES string of the molecule is O=CC1CN(c2cc3c(cc2F)C(=O)N(C2CCC(=O)NC2=O)C3O)C1. The number of hydrogen-bond donors (Lipinski definition) is 2. The number of amides is 3. The fourth-order valence-electron chi connectivity index (χ4n) is 3.67. The molecule has 2 fully saturated rings. The molecular formula is C17H16FN3O5. The van der Waals surface area contributed by atoms with Crippen molar-refractivity contribution in [3.8, 4) is 0 Å². The van der Waals surface area contributed by atoms with E-state index < -0.39 is 35.8 Å². The lowest BCUT2D eigenvalue weighted by Crippen LogP contribution is -2.53. The van der Waals surface area contributed by atoms with Gasteiger partial charge in [-0.25, -0.2) is 4.39 Å². The number of nitrogens with one attached hydrogen (secondary N) is 1. The Hall–Kier alpha value is -2.81. The molecule has 3 aliphatic heterocycles. The number of halogens is 1. The second kappa shape index (κ2) is 5.87. The van der Waals surface area contributed by atoms with Gasteiger partial charge in [0.15, 0.2) is 6.23 Å². The van der Waals surface area contributed by atoms with E-state index in [-0.39, 0.29) is 35.6 Å². The first kappa shape index (κ1) is 16.6. The number of aldehydes is 1. The van der Waals surface area contributed by atoms with Gasteiger partial charge in [-0.05, 0) is 18.6 Å². The molecule has 2 N–H and O–H groups in total. The first-order valence-electron chi connectivity index (χ1n) is 8.29. The molecule has 136 valence electrons. The van der Waals surface area contributed by atoms with Crippen LogP contribution in [0.15, 0.2) is 12.1 Å². The van der Waals surface area contributed by atoms with Crippen LogP contribution < -0.4 is 10.2 Å². The third-order valence-corrected chi connectivity index (χ3v) is 5.11. The summed E-state index contributed by atoms with van der Waals surface area (Å²) in [6.07, 6.45) is -0.428. The van der Waals surface area contributed by atoms with Crippen molar-refractivity contribution in [2.75, 3.05) is 18.0 Å². The Morgan fingerprint density at radius 2 is 1.96 bits per heavy atom. The molecule has 9 heteroatoms. The Kier molecular flexibility index (Phi) is 3.76. The van der Waals surface area contributed by atoms with E-state index in [1.165, 1.54) is 6.07 Å². The molecule has 2 saturated heterocycles. The zero-order chi connectivity index (χ0) is 18.6. The number of aliphatic hydroxyl groups excluding tert-OH is 1. The Bertz CT molecular complexity index is 836. The number of hydrogen-bond acceptors (Lipinski definition) is 6. The van der Waals surface area contributed by atoms with Crippen LogP contribution in [0.3, 0.4) is 0 Å². The van der Waals surface area contributed by atoms with Gasteiger partial charge in [-0.1, -0.05) is 0 Å². The molecule has 0 saturated carbocycles. The van der Waals surface area contributed by atoms with Crippen LogP contribution in [0.25, 0.3) is 0 Å². The number of imide groups is 1. The molecule has 0 bridgehead atoms. The lowest BCUT2D eigenvalue weighted by Gasteiger charge is -2.38. The predicted molar refractivity (Wildman–Crippen MR) is 85.5 cm³/mol.